The number of fused-ring (bicyclic) bond motifs is 1. The zero-order valence-corrected chi connectivity index (χ0v) is 15.7. The van der Waals surface area contributed by atoms with E-state index in [1.54, 1.807) is 42.7 Å². The maximum atomic E-state index is 13.9. The van der Waals surface area contributed by atoms with Gasteiger partial charge in [0, 0.05) is 28.9 Å². The maximum Gasteiger partial charge on any atom is 0.323 e. The number of rotatable bonds is 5. The molecule has 6 nitrogen and oxygen atoms in total. The lowest BCUT2D eigenvalue weighted by Crippen LogP contribution is -2.20. The van der Waals surface area contributed by atoms with Gasteiger partial charge in [0.05, 0.1) is 23.7 Å². The molecule has 2 aromatic heterocycles. The van der Waals surface area contributed by atoms with E-state index in [0.717, 1.165) is 5.56 Å². The average molecular weight is 390 g/mol. The molecule has 0 aliphatic carbocycles. The molecular weight excluding hydrogens is 371 g/mol. The largest absolute Gasteiger partial charge is 0.492 e. The van der Waals surface area contributed by atoms with Crippen LogP contribution in [0.1, 0.15) is 6.92 Å². The van der Waals surface area contributed by atoms with Crippen molar-refractivity contribution in [3.63, 3.8) is 0 Å². The first-order valence-electron chi connectivity index (χ1n) is 9.17. The van der Waals surface area contributed by atoms with Crippen molar-refractivity contribution in [3.8, 4) is 17.0 Å². The molecule has 29 heavy (non-hydrogen) atoms. The Hall–Kier alpha value is -3.87. The normalized spacial score (nSPS) is 10.7. The summed E-state index contributed by atoms with van der Waals surface area (Å²) >= 11 is 0. The number of para-hydroxylation sites is 2. The smallest absolute Gasteiger partial charge is 0.323 e. The second kappa shape index (κ2) is 8.02. The molecule has 2 amide bonds. The predicted molar refractivity (Wildman–Crippen MR) is 112 cm³/mol. The van der Waals surface area contributed by atoms with Crippen molar-refractivity contribution >= 4 is 28.3 Å². The standard InChI is InChI=1S/C22H19FN4O2/c1-2-29-19-8-4-3-7-18(19)26-22(28)27-21-16-12-15(23)9-10-17(16)25-20(21)14-6-5-11-24-13-14/h3-13,25H,2H2,1H3,(H2,26,27,28). The van der Waals surface area contributed by atoms with E-state index >= 15 is 0 Å². The van der Waals surface area contributed by atoms with Crippen LogP contribution in [0.4, 0.5) is 20.6 Å². The van der Waals surface area contributed by atoms with Gasteiger partial charge in [0.1, 0.15) is 11.6 Å². The van der Waals surface area contributed by atoms with Crippen LogP contribution < -0.4 is 15.4 Å². The number of anilines is 2. The number of halogens is 1. The van der Waals surface area contributed by atoms with Gasteiger partial charge in [-0.25, -0.2) is 9.18 Å². The number of aromatic amines is 1. The number of carbonyl (C=O) groups excluding carboxylic acids is 1. The number of carbonyl (C=O) groups is 1. The van der Waals surface area contributed by atoms with Crippen LogP contribution in [0.2, 0.25) is 0 Å². The van der Waals surface area contributed by atoms with Gasteiger partial charge >= 0.3 is 6.03 Å². The highest BCUT2D eigenvalue weighted by Crippen LogP contribution is 2.35. The van der Waals surface area contributed by atoms with E-state index < -0.39 is 6.03 Å². The Morgan fingerprint density at radius 3 is 2.79 bits per heavy atom. The molecule has 2 heterocycles. The van der Waals surface area contributed by atoms with Gasteiger partial charge in [0.2, 0.25) is 0 Å². The third-order valence-electron chi connectivity index (χ3n) is 4.38. The molecular formula is C22H19FN4O2. The quantitative estimate of drug-likeness (QED) is 0.426. The number of hydrogen-bond donors (Lipinski definition) is 3. The van der Waals surface area contributed by atoms with Crippen LogP contribution in [-0.2, 0) is 0 Å². The molecule has 146 valence electrons. The van der Waals surface area contributed by atoms with Crippen LogP contribution >= 0.6 is 0 Å². The van der Waals surface area contributed by atoms with Gasteiger partial charge in [0.15, 0.2) is 0 Å². The second-order valence-corrected chi connectivity index (χ2v) is 6.31. The van der Waals surface area contributed by atoms with E-state index in [9.17, 15) is 9.18 Å². The van der Waals surface area contributed by atoms with Gasteiger partial charge in [-0.05, 0) is 49.4 Å². The highest BCUT2D eigenvalue weighted by molar-refractivity contribution is 6.10. The summed E-state index contributed by atoms with van der Waals surface area (Å²) in [6.45, 7) is 2.35. The Labute approximate surface area is 166 Å². The number of amides is 2. The minimum Gasteiger partial charge on any atom is -0.492 e. The maximum absolute atomic E-state index is 13.9. The minimum absolute atomic E-state index is 0.389. The number of H-pyrrole nitrogens is 1. The number of urea groups is 1. The molecule has 7 heteroatoms. The fourth-order valence-corrected chi connectivity index (χ4v) is 3.14. The number of pyridine rings is 1. The number of nitrogens with one attached hydrogen (secondary N) is 3. The summed E-state index contributed by atoms with van der Waals surface area (Å²) in [5, 5.41) is 6.21. The molecule has 4 aromatic rings. The summed E-state index contributed by atoms with van der Waals surface area (Å²) < 4.78 is 19.4. The Morgan fingerprint density at radius 1 is 1.14 bits per heavy atom. The average Bonchev–Trinajstić information content (AvgIpc) is 3.08. The van der Waals surface area contributed by atoms with E-state index in [-0.39, 0.29) is 5.82 Å². The van der Waals surface area contributed by atoms with E-state index in [1.165, 1.54) is 12.1 Å². The molecule has 2 aromatic carbocycles. The lowest BCUT2D eigenvalue weighted by Gasteiger charge is -2.13. The van der Waals surface area contributed by atoms with Crippen LogP contribution in [0.15, 0.2) is 67.0 Å². The first-order chi connectivity index (χ1) is 14.2. The van der Waals surface area contributed by atoms with Crippen molar-refractivity contribution in [1.29, 1.82) is 0 Å². The molecule has 0 spiro atoms. The number of benzene rings is 2. The number of hydrogen-bond acceptors (Lipinski definition) is 3. The number of ether oxygens (including phenoxy) is 1. The molecule has 4 rings (SSSR count). The fourth-order valence-electron chi connectivity index (χ4n) is 3.14. The lowest BCUT2D eigenvalue weighted by molar-refractivity contribution is 0.262. The zero-order valence-electron chi connectivity index (χ0n) is 15.7. The van der Waals surface area contributed by atoms with Crippen LogP contribution in [0.5, 0.6) is 5.75 Å². The Bertz CT molecular complexity index is 1160. The van der Waals surface area contributed by atoms with Crippen LogP contribution in [0.25, 0.3) is 22.2 Å². The summed E-state index contributed by atoms with van der Waals surface area (Å²) in [6.07, 6.45) is 3.34. The van der Waals surface area contributed by atoms with Gasteiger partial charge in [-0.3, -0.25) is 4.98 Å². The molecule has 0 saturated heterocycles. The van der Waals surface area contributed by atoms with Crippen molar-refractivity contribution in [1.82, 2.24) is 9.97 Å². The first-order valence-corrected chi connectivity index (χ1v) is 9.17. The van der Waals surface area contributed by atoms with Crippen molar-refractivity contribution in [2.24, 2.45) is 0 Å². The monoisotopic (exact) mass is 390 g/mol. The summed E-state index contributed by atoms with van der Waals surface area (Å²) in [7, 11) is 0. The molecule has 0 aliphatic heterocycles. The van der Waals surface area contributed by atoms with Gasteiger partial charge < -0.3 is 20.4 Å². The molecule has 0 unspecified atom stereocenters. The Morgan fingerprint density at radius 2 is 2.00 bits per heavy atom. The van der Waals surface area contributed by atoms with Crippen molar-refractivity contribution < 1.29 is 13.9 Å². The molecule has 0 atom stereocenters. The van der Waals surface area contributed by atoms with Crippen molar-refractivity contribution in [2.75, 3.05) is 17.2 Å². The van der Waals surface area contributed by atoms with Crippen LogP contribution in [-0.4, -0.2) is 22.6 Å². The highest BCUT2D eigenvalue weighted by atomic mass is 19.1. The van der Waals surface area contributed by atoms with Crippen molar-refractivity contribution in [3.05, 3.63) is 72.8 Å². The van der Waals surface area contributed by atoms with Gasteiger partial charge in [-0.2, -0.15) is 0 Å². The Kier molecular flexibility index (Phi) is 5.11. The summed E-state index contributed by atoms with van der Waals surface area (Å²) in [4.78, 5) is 20.1. The first kappa shape index (κ1) is 18.5. The molecule has 0 saturated carbocycles. The van der Waals surface area contributed by atoms with Gasteiger partial charge in [0.25, 0.3) is 0 Å². The third kappa shape index (κ3) is 3.89. The lowest BCUT2D eigenvalue weighted by atomic mass is 10.1. The van der Waals surface area contributed by atoms with Crippen LogP contribution in [0.3, 0.4) is 0 Å². The molecule has 0 radical (unpaired) electrons. The Balaban J connectivity index is 1.70. The predicted octanol–water partition coefficient (Wildman–Crippen LogP) is 5.41. The summed E-state index contributed by atoms with van der Waals surface area (Å²) in [5.74, 6) is 0.182. The summed E-state index contributed by atoms with van der Waals surface area (Å²) in [5.41, 5.74) is 3.14. The van der Waals surface area contributed by atoms with Gasteiger partial charge in [-0.15, -0.1) is 0 Å². The highest BCUT2D eigenvalue weighted by Gasteiger charge is 2.17. The van der Waals surface area contributed by atoms with E-state index in [1.807, 2.05) is 19.1 Å². The zero-order chi connectivity index (χ0) is 20.2. The molecule has 3 N–H and O–H groups in total. The summed E-state index contributed by atoms with van der Waals surface area (Å²) in [6, 6.07) is 14.7. The van der Waals surface area contributed by atoms with E-state index in [4.69, 9.17) is 4.74 Å². The number of aromatic nitrogens is 2. The second-order valence-electron chi connectivity index (χ2n) is 6.31. The van der Waals surface area contributed by atoms with Gasteiger partial charge in [-0.1, -0.05) is 12.1 Å². The third-order valence-corrected chi connectivity index (χ3v) is 4.38. The van der Waals surface area contributed by atoms with Crippen LogP contribution in [0, 0.1) is 5.82 Å². The molecule has 0 aliphatic rings. The van der Waals surface area contributed by atoms with Crippen molar-refractivity contribution in [2.45, 2.75) is 6.92 Å². The SMILES string of the molecule is CCOc1ccccc1NC(=O)Nc1c(-c2cccnc2)[nH]c2ccc(F)cc12. The topological polar surface area (TPSA) is 79.0 Å². The molecule has 0 fully saturated rings. The minimum atomic E-state index is -0.465. The van der Waals surface area contributed by atoms with E-state index in [2.05, 4.69) is 20.6 Å². The fraction of sp³-hybridized carbons (Fsp3) is 0.0909. The molecule has 0 bridgehead atoms. The van der Waals surface area contributed by atoms with E-state index in [0.29, 0.717) is 40.3 Å². The number of nitrogens with zero attached hydrogens (tertiary/aromatic N) is 1.